The van der Waals surface area contributed by atoms with Crippen molar-refractivity contribution in [3.63, 3.8) is 0 Å². The van der Waals surface area contributed by atoms with Gasteiger partial charge in [0, 0.05) is 38.5 Å². The molecule has 2 amide bonds. The highest BCUT2D eigenvalue weighted by Gasteiger charge is 2.10. The van der Waals surface area contributed by atoms with Gasteiger partial charge in [0.05, 0.1) is 12.2 Å². The van der Waals surface area contributed by atoms with Crippen LogP contribution in [0.3, 0.4) is 0 Å². The second kappa shape index (κ2) is 6.14. The lowest BCUT2D eigenvalue weighted by atomic mass is 10.2. The molecule has 106 valence electrons. The van der Waals surface area contributed by atoms with Crippen LogP contribution in [0.25, 0.3) is 11.0 Å². The van der Waals surface area contributed by atoms with Gasteiger partial charge in [-0.1, -0.05) is 0 Å². The van der Waals surface area contributed by atoms with Crippen molar-refractivity contribution in [1.82, 2.24) is 25.4 Å². The van der Waals surface area contributed by atoms with Crippen LogP contribution in [-0.2, 0) is 16.1 Å². The van der Waals surface area contributed by atoms with E-state index in [1.54, 1.807) is 20.3 Å². The Hall–Kier alpha value is -2.44. The van der Waals surface area contributed by atoms with E-state index >= 15 is 0 Å². The summed E-state index contributed by atoms with van der Waals surface area (Å²) in [6.45, 7) is 0.344. The fraction of sp³-hybridized carbons (Fsp3) is 0.385. The Morgan fingerprint density at radius 2 is 2.15 bits per heavy atom. The number of nitrogens with one attached hydrogen (secondary N) is 2. The summed E-state index contributed by atoms with van der Waals surface area (Å²) in [6.07, 6.45) is 2.06. The third kappa shape index (κ3) is 3.31. The highest BCUT2D eigenvalue weighted by molar-refractivity contribution is 5.84. The van der Waals surface area contributed by atoms with Crippen molar-refractivity contribution in [2.45, 2.75) is 19.4 Å². The van der Waals surface area contributed by atoms with Gasteiger partial charge in [-0.05, 0) is 12.1 Å². The van der Waals surface area contributed by atoms with Crippen molar-refractivity contribution in [2.24, 2.45) is 0 Å². The summed E-state index contributed by atoms with van der Waals surface area (Å²) in [5.41, 5.74) is 1.43. The maximum Gasteiger partial charge on any atom is 0.222 e. The molecule has 0 aliphatic carbocycles. The fourth-order valence-electron chi connectivity index (χ4n) is 1.76. The number of hydrogen-bond acceptors (Lipinski definition) is 4. The van der Waals surface area contributed by atoms with Gasteiger partial charge in [-0.3, -0.25) is 14.7 Å². The van der Waals surface area contributed by atoms with E-state index in [-0.39, 0.29) is 24.7 Å². The number of carbonyl (C=O) groups is 2. The first-order valence-corrected chi connectivity index (χ1v) is 6.32. The molecule has 0 unspecified atom stereocenters. The predicted octanol–water partition coefficient (Wildman–Crippen LogP) is 0.443. The van der Waals surface area contributed by atoms with Gasteiger partial charge in [-0.25, -0.2) is 4.98 Å². The van der Waals surface area contributed by atoms with E-state index in [9.17, 15) is 9.59 Å². The summed E-state index contributed by atoms with van der Waals surface area (Å²) in [7, 11) is 3.34. The number of fused-ring (bicyclic) bond motifs is 1. The molecule has 0 radical (unpaired) electrons. The van der Waals surface area contributed by atoms with Crippen LogP contribution in [0.5, 0.6) is 0 Å². The van der Waals surface area contributed by atoms with Gasteiger partial charge >= 0.3 is 0 Å². The van der Waals surface area contributed by atoms with Crippen LogP contribution in [0.15, 0.2) is 18.3 Å². The quantitative estimate of drug-likeness (QED) is 0.828. The lowest BCUT2D eigenvalue weighted by Crippen LogP contribution is -2.27. The first kappa shape index (κ1) is 14.0. The minimum absolute atomic E-state index is 0.0589. The van der Waals surface area contributed by atoms with E-state index in [1.165, 1.54) is 4.90 Å². The van der Waals surface area contributed by atoms with E-state index in [2.05, 4.69) is 20.5 Å². The van der Waals surface area contributed by atoms with Crippen molar-refractivity contribution in [3.8, 4) is 0 Å². The minimum atomic E-state index is -0.160. The van der Waals surface area contributed by atoms with Gasteiger partial charge in [-0.15, -0.1) is 0 Å². The van der Waals surface area contributed by atoms with Crippen LogP contribution >= 0.6 is 0 Å². The maximum absolute atomic E-state index is 11.7. The van der Waals surface area contributed by atoms with Gasteiger partial charge in [-0.2, -0.15) is 5.10 Å². The highest BCUT2D eigenvalue weighted by atomic mass is 16.2. The average Bonchev–Trinajstić information content (AvgIpc) is 2.85. The van der Waals surface area contributed by atoms with Crippen LogP contribution in [0.1, 0.15) is 18.5 Å². The molecule has 2 heterocycles. The molecule has 2 aromatic rings. The van der Waals surface area contributed by atoms with E-state index < -0.39 is 0 Å². The molecule has 0 saturated carbocycles. The second-order valence-electron chi connectivity index (χ2n) is 4.64. The van der Waals surface area contributed by atoms with E-state index in [0.717, 1.165) is 11.1 Å². The van der Waals surface area contributed by atoms with Crippen molar-refractivity contribution in [2.75, 3.05) is 14.1 Å². The van der Waals surface area contributed by atoms with E-state index in [1.807, 2.05) is 12.1 Å². The summed E-state index contributed by atoms with van der Waals surface area (Å²) in [5.74, 6) is -0.219. The standard InChI is InChI=1S/C13H17N5O2/c1-18(2)12(20)6-5-11(19)15-8-10-9-4-3-7-14-13(9)17-16-10/h3-4,7H,5-6,8H2,1-2H3,(H,15,19)(H,14,16,17). The molecule has 2 N–H and O–H groups in total. The van der Waals surface area contributed by atoms with Gasteiger partial charge in [0.25, 0.3) is 0 Å². The fourth-order valence-corrected chi connectivity index (χ4v) is 1.76. The Balaban J connectivity index is 1.86. The number of nitrogens with zero attached hydrogens (tertiary/aromatic N) is 3. The summed E-state index contributed by atoms with van der Waals surface area (Å²) in [6, 6.07) is 3.71. The van der Waals surface area contributed by atoms with E-state index in [0.29, 0.717) is 12.2 Å². The van der Waals surface area contributed by atoms with Crippen LogP contribution in [0.2, 0.25) is 0 Å². The lowest BCUT2D eigenvalue weighted by Gasteiger charge is -2.09. The van der Waals surface area contributed by atoms with E-state index in [4.69, 9.17) is 0 Å². The van der Waals surface area contributed by atoms with Gasteiger partial charge in [0.2, 0.25) is 11.8 Å². The summed E-state index contributed by atoms with van der Waals surface area (Å²) >= 11 is 0. The van der Waals surface area contributed by atoms with Crippen molar-refractivity contribution in [3.05, 3.63) is 24.0 Å². The minimum Gasteiger partial charge on any atom is -0.350 e. The highest BCUT2D eigenvalue weighted by Crippen LogP contribution is 2.12. The Kier molecular flexibility index (Phi) is 4.29. The van der Waals surface area contributed by atoms with Crippen LogP contribution < -0.4 is 5.32 Å². The van der Waals surface area contributed by atoms with Crippen molar-refractivity contribution >= 4 is 22.8 Å². The average molecular weight is 275 g/mol. The van der Waals surface area contributed by atoms with Crippen molar-refractivity contribution < 1.29 is 9.59 Å². The SMILES string of the molecule is CN(C)C(=O)CCC(=O)NCc1[nH]nc2ncccc12. The Morgan fingerprint density at radius 3 is 2.90 bits per heavy atom. The van der Waals surface area contributed by atoms with Gasteiger partial charge in [0.1, 0.15) is 0 Å². The zero-order chi connectivity index (χ0) is 14.5. The second-order valence-corrected chi connectivity index (χ2v) is 4.64. The molecular formula is C13H17N5O2. The van der Waals surface area contributed by atoms with Crippen LogP contribution in [-0.4, -0.2) is 46.0 Å². The number of H-pyrrole nitrogens is 1. The molecule has 0 aliphatic rings. The molecule has 0 aliphatic heterocycles. The summed E-state index contributed by atoms with van der Waals surface area (Å²) < 4.78 is 0. The zero-order valence-corrected chi connectivity index (χ0v) is 11.5. The van der Waals surface area contributed by atoms with Crippen molar-refractivity contribution in [1.29, 1.82) is 0 Å². The topological polar surface area (TPSA) is 91.0 Å². The van der Waals surface area contributed by atoms with Crippen LogP contribution in [0, 0.1) is 0 Å². The third-order valence-electron chi connectivity index (χ3n) is 2.94. The molecule has 2 aromatic heterocycles. The number of amides is 2. The first-order valence-electron chi connectivity index (χ1n) is 6.32. The molecule has 0 saturated heterocycles. The molecule has 7 heteroatoms. The smallest absolute Gasteiger partial charge is 0.222 e. The number of carbonyl (C=O) groups excluding carboxylic acids is 2. The molecule has 2 rings (SSSR count). The molecule has 0 bridgehead atoms. The third-order valence-corrected chi connectivity index (χ3v) is 2.94. The van der Waals surface area contributed by atoms with Gasteiger partial charge in [0.15, 0.2) is 5.65 Å². The molecular weight excluding hydrogens is 258 g/mol. The molecule has 0 aromatic carbocycles. The summed E-state index contributed by atoms with van der Waals surface area (Å²) in [4.78, 5) is 28.6. The number of aromatic amines is 1. The predicted molar refractivity (Wildman–Crippen MR) is 73.7 cm³/mol. The largest absolute Gasteiger partial charge is 0.350 e. The molecule has 0 atom stereocenters. The monoisotopic (exact) mass is 275 g/mol. The Morgan fingerprint density at radius 1 is 1.35 bits per heavy atom. The number of pyridine rings is 1. The van der Waals surface area contributed by atoms with Crippen LogP contribution in [0.4, 0.5) is 0 Å². The number of rotatable bonds is 5. The molecule has 20 heavy (non-hydrogen) atoms. The zero-order valence-electron chi connectivity index (χ0n) is 11.5. The lowest BCUT2D eigenvalue weighted by molar-refractivity contribution is -0.131. The molecule has 7 nitrogen and oxygen atoms in total. The number of aromatic nitrogens is 3. The maximum atomic E-state index is 11.7. The Labute approximate surface area is 116 Å². The molecule has 0 fully saturated rings. The van der Waals surface area contributed by atoms with Gasteiger partial charge < -0.3 is 10.2 Å². The first-order chi connectivity index (χ1) is 9.58. The molecule has 0 spiro atoms. The Bertz CT molecular complexity index is 620. The normalized spacial score (nSPS) is 10.5. The number of hydrogen-bond donors (Lipinski definition) is 2. The summed E-state index contributed by atoms with van der Waals surface area (Å²) in [5, 5.41) is 10.5.